The number of rotatable bonds is 4. The van der Waals surface area contributed by atoms with Gasteiger partial charge in [-0.3, -0.25) is 0 Å². The molecule has 20 heavy (non-hydrogen) atoms. The van der Waals surface area contributed by atoms with Gasteiger partial charge >= 0.3 is 0 Å². The second kappa shape index (κ2) is 7.45. The van der Waals surface area contributed by atoms with Gasteiger partial charge in [-0.1, -0.05) is 6.92 Å². The van der Waals surface area contributed by atoms with Crippen molar-refractivity contribution in [3.8, 4) is 6.26 Å². The molecular formula is C16H24N2O2. The van der Waals surface area contributed by atoms with Crippen LogP contribution >= 0.6 is 0 Å². The molecule has 0 radical (unpaired) electrons. The fraction of sp³-hybridized carbons (Fsp3) is 0.875. The lowest BCUT2D eigenvalue weighted by Crippen LogP contribution is -2.30. The van der Waals surface area contributed by atoms with Crippen LogP contribution in [0.2, 0.25) is 0 Å². The van der Waals surface area contributed by atoms with Crippen LogP contribution in [0.15, 0.2) is 4.99 Å². The summed E-state index contributed by atoms with van der Waals surface area (Å²) >= 11 is 0. The fourth-order valence-electron chi connectivity index (χ4n) is 4.02. The van der Waals surface area contributed by atoms with Gasteiger partial charge in [0.25, 0.3) is 6.26 Å². The molecule has 4 heteroatoms. The standard InChI is InChI=1S/C16H24N2O2/c1-12(13-2-6-15(7-3-13)18-11-19)14-4-8-16(9-5-14)20-10-17/h12-16H,2-9H2,1H3. The van der Waals surface area contributed by atoms with Crippen LogP contribution in [0.5, 0.6) is 0 Å². The van der Waals surface area contributed by atoms with Crippen LogP contribution in [0, 0.1) is 29.3 Å². The number of hydrogen-bond acceptors (Lipinski definition) is 4. The Kier molecular flexibility index (Phi) is 5.61. The van der Waals surface area contributed by atoms with E-state index in [0.717, 1.165) is 43.4 Å². The first-order valence-corrected chi connectivity index (χ1v) is 7.86. The minimum Gasteiger partial charge on any atom is -0.424 e. The molecule has 0 aliphatic heterocycles. The highest BCUT2D eigenvalue weighted by molar-refractivity contribution is 5.33. The van der Waals surface area contributed by atoms with Crippen LogP contribution in [0.3, 0.4) is 0 Å². The average Bonchev–Trinajstić information content (AvgIpc) is 2.49. The second-order valence-corrected chi connectivity index (χ2v) is 6.39. The Hall–Kier alpha value is -1.33. The summed E-state index contributed by atoms with van der Waals surface area (Å²) in [5, 5.41) is 8.56. The maximum Gasteiger partial charge on any atom is 0.286 e. The molecule has 2 fully saturated rings. The molecule has 4 nitrogen and oxygen atoms in total. The highest BCUT2D eigenvalue weighted by atomic mass is 16.5. The quantitative estimate of drug-likeness (QED) is 0.448. The number of aliphatic imine (C=N–C) groups is 1. The van der Waals surface area contributed by atoms with Crippen molar-refractivity contribution in [3.63, 3.8) is 0 Å². The van der Waals surface area contributed by atoms with Crippen LogP contribution in [-0.4, -0.2) is 18.2 Å². The van der Waals surface area contributed by atoms with Gasteiger partial charge in [0.15, 0.2) is 0 Å². The Morgan fingerprint density at radius 1 is 1.05 bits per heavy atom. The first-order chi connectivity index (χ1) is 9.74. The summed E-state index contributed by atoms with van der Waals surface area (Å²) in [4.78, 5) is 14.2. The van der Waals surface area contributed by atoms with Crippen LogP contribution < -0.4 is 0 Å². The minimum atomic E-state index is 0.154. The first kappa shape index (κ1) is 15.1. The predicted octanol–water partition coefficient (Wildman–Crippen LogP) is 3.57. The third-order valence-corrected chi connectivity index (χ3v) is 5.40. The Bertz CT molecular complexity index is 382. The van der Waals surface area contributed by atoms with E-state index in [9.17, 15) is 4.79 Å². The third kappa shape index (κ3) is 3.84. The molecule has 2 rings (SSSR count). The van der Waals surface area contributed by atoms with Gasteiger partial charge in [0.05, 0.1) is 6.04 Å². The van der Waals surface area contributed by atoms with Gasteiger partial charge in [-0.25, -0.2) is 9.79 Å². The first-order valence-electron chi connectivity index (χ1n) is 7.86. The number of isocyanates is 1. The maximum atomic E-state index is 10.3. The molecule has 0 aromatic heterocycles. The number of nitrogens with zero attached hydrogens (tertiary/aromatic N) is 2. The van der Waals surface area contributed by atoms with Crippen molar-refractivity contribution in [2.75, 3.05) is 0 Å². The summed E-state index contributed by atoms with van der Waals surface area (Å²) in [6.45, 7) is 2.38. The lowest BCUT2D eigenvalue weighted by Gasteiger charge is -2.37. The Labute approximate surface area is 121 Å². The van der Waals surface area contributed by atoms with E-state index in [4.69, 9.17) is 10.00 Å². The predicted molar refractivity (Wildman–Crippen MR) is 75.5 cm³/mol. The second-order valence-electron chi connectivity index (χ2n) is 6.39. The van der Waals surface area contributed by atoms with Gasteiger partial charge in [0.2, 0.25) is 6.08 Å². The lowest BCUT2D eigenvalue weighted by molar-refractivity contribution is 0.0693. The molecule has 0 amide bonds. The van der Waals surface area contributed by atoms with Gasteiger partial charge < -0.3 is 4.74 Å². The summed E-state index contributed by atoms with van der Waals surface area (Å²) in [7, 11) is 0. The van der Waals surface area contributed by atoms with Crippen LogP contribution in [-0.2, 0) is 9.53 Å². The molecule has 0 aromatic carbocycles. The SMILES string of the molecule is CC(C1CCC(N=C=O)CC1)C1CCC(OC#N)CC1. The normalized spacial score (nSPS) is 35.4. The van der Waals surface area contributed by atoms with E-state index in [1.807, 2.05) is 6.26 Å². The summed E-state index contributed by atoms with van der Waals surface area (Å²) in [5.41, 5.74) is 0. The molecule has 0 bridgehead atoms. The Morgan fingerprint density at radius 2 is 1.60 bits per heavy atom. The molecule has 2 saturated carbocycles. The Morgan fingerprint density at radius 3 is 2.10 bits per heavy atom. The molecule has 2 aliphatic rings. The summed E-state index contributed by atoms with van der Waals surface area (Å²) in [6, 6.07) is 0.218. The molecule has 0 spiro atoms. The van der Waals surface area contributed by atoms with Crippen molar-refractivity contribution in [2.45, 2.75) is 70.4 Å². The van der Waals surface area contributed by atoms with E-state index in [1.165, 1.54) is 25.7 Å². The van der Waals surface area contributed by atoms with E-state index in [-0.39, 0.29) is 12.1 Å². The number of hydrogen-bond donors (Lipinski definition) is 0. The van der Waals surface area contributed by atoms with Gasteiger partial charge in [0.1, 0.15) is 6.10 Å². The van der Waals surface area contributed by atoms with Gasteiger partial charge in [-0.2, -0.15) is 5.26 Å². The zero-order chi connectivity index (χ0) is 14.4. The Balaban J connectivity index is 1.77. The zero-order valence-corrected chi connectivity index (χ0v) is 12.3. The molecule has 2 aliphatic carbocycles. The van der Waals surface area contributed by atoms with Gasteiger partial charge in [-0.05, 0) is 69.1 Å². The topological polar surface area (TPSA) is 62.4 Å². The molecule has 1 atom stereocenters. The van der Waals surface area contributed by atoms with Crippen molar-refractivity contribution in [1.82, 2.24) is 0 Å². The average molecular weight is 276 g/mol. The molecule has 0 saturated heterocycles. The van der Waals surface area contributed by atoms with Crippen molar-refractivity contribution < 1.29 is 9.53 Å². The molecule has 0 aromatic rings. The third-order valence-electron chi connectivity index (χ3n) is 5.40. The van der Waals surface area contributed by atoms with Gasteiger partial charge in [0, 0.05) is 0 Å². The zero-order valence-electron chi connectivity index (χ0n) is 12.3. The fourth-order valence-corrected chi connectivity index (χ4v) is 4.02. The van der Waals surface area contributed by atoms with Crippen LogP contribution in [0.4, 0.5) is 0 Å². The molecule has 1 unspecified atom stereocenters. The monoisotopic (exact) mass is 276 g/mol. The molecule has 0 N–H and O–H groups in total. The molecular weight excluding hydrogens is 252 g/mol. The summed E-state index contributed by atoms with van der Waals surface area (Å²) < 4.78 is 5.05. The van der Waals surface area contributed by atoms with E-state index < -0.39 is 0 Å². The van der Waals surface area contributed by atoms with Crippen LogP contribution in [0.25, 0.3) is 0 Å². The summed E-state index contributed by atoms with van der Waals surface area (Å²) in [6.07, 6.45) is 12.5. The highest BCUT2D eigenvalue weighted by Crippen LogP contribution is 2.40. The number of nitriles is 1. The number of ether oxygens (including phenoxy) is 1. The lowest BCUT2D eigenvalue weighted by atomic mass is 9.69. The van der Waals surface area contributed by atoms with E-state index in [2.05, 4.69) is 11.9 Å². The van der Waals surface area contributed by atoms with E-state index in [0.29, 0.717) is 0 Å². The van der Waals surface area contributed by atoms with Crippen molar-refractivity contribution >= 4 is 6.08 Å². The highest BCUT2D eigenvalue weighted by Gasteiger charge is 2.32. The van der Waals surface area contributed by atoms with Crippen LogP contribution in [0.1, 0.15) is 58.3 Å². The van der Waals surface area contributed by atoms with Crippen molar-refractivity contribution in [1.29, 1.82) is 5.26 Å². The molecule has 110 valence electrons. The maximum absolute atomic E-state index is 10.3. The molecule has 0 heterocycles. The van der Waals surface area contributed by atoms with E-state index in [1.54, 1.807) is 6.08 Å². The number of carbonyl (C=O) groups excluding carboxylic acids is 1. The van der Waals surface area contributed by atoms with Crippen molar-refractivity contribution in [2.24, 2.45) is 22.7 Å². The van der Waals surface area contributed by atoms with Gasteiger partial charge in [-0.15, -0.1) is 0 Å². The van der Waals surface area contributed by atoms with E-state index >= 15 is 0 Å². The summed E-state index contributed by atoms with van der Waals surface area (Å²) in [5.74, 6) is 2.27. The largest absolute Gasteiger partial charge is 0.424 e. The smallest absolute Gasteiger partial charge is 0.286 e. The minimum absolute atomic E-state index is 0.154. The van der Waals surface area contributed by atoms with Crippen molar-refractivity contribution in [3.05, 3.63) is 0 Å².